The van der Waals surface area contributed by atoms with Gasteiger partial charge in [0, 0.05) is 18.4 Å². The molecule has 0 spiro atoms. The molecule has 0 saturated heterocycles. The van der Waals surface area contributed by atoms with E-state index in [1.165, 1.54) is 6.42 Å². The van der Waals surface area contributed by atoms with E-state index < -0.39 is 0 Å². The zero-order valence-corrected chi connectivity index (χ0v) is 13.4. The molecule has 0 amide bonds. The van der Waals surface area contributed by atoms with Gasteiger partial charge in [-0.25, -0.2) is 10.4 Å². The predicted octanol–water partition coefficient (Wildman–Crippen LogP) is 2.46. The maximum atomic E-state index is 6.23. The molecule has 5 nitrogen and oxygen atoms in total. The Balaban J connectivity index is 2.45. The highest BCUT2D eigenvalue weighted by molar-refractivity contribution is 5.47. The zero-order chi connectivity index (χ0) is 15.5. The van der Waals surface area contributed by atoms with Crippen LogP contribution in [-0.2, 0) is 4.74 Å². The molecule has 1 aliphatic carbocycles. The second kappa shape index (κ2) is 6.73. The first kappa shape index (κ1) is 16.2. The monoisotopic (exact) mass is 292 g/mol. The number of nitrogens with two attached hydrogens (primary N) is 2. The number of hydrogen-bond donors (Lipinski definition) is 3. The first-order valence-corrected chi connectivity index (χ1v) is 7.85. The Morgan fingerprint density at radius 2 is 2.33 bits per heavy atom. The second-order valence-corrected chi connectivity index (χ2v) is 6.23. The summed E-state index contributed by atoms with van der Waals surface area (Å²) < 4.78 is 6.23. The smallest absolute Gasteiger partial charge is 0.128 e. The van der Waals surface area contributed by atoms with Gasteiger partial charge in [0.05, 0.1) is 11.6 Å². The Kier molecular flexibility index (Phi) is 5.19. The van der Waals surface area contributed by atoms with Crippen molar-refractivity contribution in [2.45, 2.75) is 58.1 Å². The third kappa shape index (κ3) is 3.20. The van der Waals surface area contributed by atoms with Gasteiger partial charge in [-0.1, -0.05) is 19.8 Å². The summed E-state index contributed by atoms with van der Waals surface area (Å²) >= 11 is 0. The van der Waals surface area contributed by atoms with E-state index >= 15 is 0 Å². The summed E-state index contributed by atoms with van der Waals surface area (Å²) in [5.74, 6) is 7.08. The van der Waals surface area contributed by atoms with E-state index in [1.807, 2.05) is 19.9 Å². The minimum atomic E-state index is -0.303. The largest absolute Gasteiger partial charge is 0.383 e. The van der Waals surface area contributed by atoms with Gasteiger partial charge in [0.1, 0.15) is 5.82 Å². The van der Waals surface area contributed by atoms with Gasteiger partial charge < -0.3 is 10.5 Å². The summed E-state index contributed by atoms with van der Waals surface area (Å²) in [5, 5.41) is 0. The van der Waals surface area contributed by atoms with Crippen molar-refractivity contribution in [3.63, 3.8) is 0 Å². The molecule has 1 saturated carbocycles. The van der Waals surface area contributed by atoms with Gasteiger partial charge in [0.25, 0.3) is 0 Å². The fraction of sp³-hybridized carbons (Fsp3) is 0.688. The van der Waals surface area contributed by atoms with Crippen LogP contribution in [0.2, 0.25) is 0 Å². The first-order chi connectivity index (χ1) is 10.0. The predicted molar refractivity (Wildman–Crippen MR) is 85.4 cm³/mol. The Morgan fingerprint density at radius 1 is 1.57 bits per heavy atom. The number of nitrogen functional groups attached to an aromatic ring is 1. The SMILES string of the molecule is CCOC1(C(NN)c2c(C)ccnc2N)CCCC(C)C1. The number of aromatic nitrogens is 1. The number of hydrazine groups is 1. The highest BCUT2D eigenvalue weighted by Crippen LogP contribution is 2.45. The van der Waals surface area contributed by atoms with Crippen molar-refractivity contribution in [1.29, 1.82) is 0 Å². The molecule has 3 atom stereocenters. The van der Waals surface area contributed by atoms with Crippen LogP contribution in [-0.4, -0.2) is 17.2 Å². The molecule has 1 fully saturated rings. The van der Waals surface area contributed by atoms with Crippen LogP contribution < -0.4 is 17.0 Å². The molecule has 1 aromatic heterocycles. The molecule has 2 rings (SSSR count). The van der Waals surface area contributed by atoms with Crippen molar-refractivity contribution in [3.05, 3.63) is 23.4 Å². The van der Waals surface area contributed by atoms with Gasteiger partial charge in [-0.05, 0) is 44.2 Å². The Bertz CT molecular complexity index is 455. The number of nitrogens with zero attached hydrogens (tertiary/aromatic N) is 1. The second-order valence-electron chi connectivity index (χ2n) is 6.23. The van der Waals surface area contributed by atoms with E-state index in [1.54, 1.807) is 6.20 Å². The number of ether oxygens (including phenoxy) is 1. The van der Waals surface area contributed by atoms with E-state index in [0.717, 1.165) is 30.4 Å². The topological polar surface area (TPSA) is 86.2 Å². The van der Waals surface area contributed by atoms with Gasteiger partial charge in [-0.15, -0.1) is 0 Å². The molecular formula is C16H28N4O. The summed E-state index contributed by atoms with van der Waals surface area (Å²) in [6.45, 7) is 7.03. The maximum absolute atomic E-state index is 6.23. The molecule has 118 valence electrons. The van der Waals surface area contributed by atoms with Crippen molar-refractivity contribution >= 4 is 5.82 Å². The summed E-state index contributed by atoms with van der Waals surface area (Å²) in [5.41, 5.74) is 10.9. The van der Waals surface area contributed by atoms with Crippen molar-refractivity contribution in [2.75, 3.05) is 12.3 Å². The molecule has 0 aromatic carbocycles. The molecule has 1 aliphatic rings. The lowest BCUT2D eigenvalue weighted by molar-refractivity contribution is -0.102. The van der Waals surface area contributed by atoms with Crippen molar-refractivity contribution < 1.29 is 4.74 Å². The van der Waals surface area contributed by atoms with Gasteiger partial charge in [0.15, 0.2) is 0 Å². The van der Waals surface area contributed by atoms with Crippen molar-refractivity contribution in [1.82, 2.24) is 10.4 Å². The number of pyridine rings is 1. The average molecular weight is 292 g/mol. The van der Waals surface area contributed by atoms with Crippen LogP contribution >= 0.6 is 0 Å². The molecule has 0 bridgehead atoms. The highest BCUT2D eigenvalue weighted by atomic mass is 16.5. The van der Waals surface area contributed by atoms with Gasteiger partial charge >= 0.3 is 0 Å². The molecule has 1 heterocycles. The van der Waals surface area contributed by atoms with Crippen molar-refractivity contribution in [2.24, 2.45) is 11.8 Å². The van der Waals surface area contributed by atoms with E-state index in [0.29, 0.717) is 18.3 Å². The first-order valence-electron chi connectivity index (χ1n) is 7.85. The van der Waals surface area contributed by atoms with E-state index in [4.69, 9.17) is 16.3 Å². The average Bonchev–Trinajstić information content (AvgIpc) is 2.43. The lowest BCUT2D eigenvalue weighted by atomic mass is 9.72. The quantitative estimate of drug-likeness (QED) is 0.573. The molecule has 5 N–H and O–H groups in total. The maximum Gasteiger partial charge on any atom is 0.128 e. The summed E-state index contributed by atoms with van der Waals surface area (Å²) in [6.07, 6.45) is 6.11. The van der Waals surface area contributed by atoms with E-state index in [2.05, 4.69) is 17.3 Å². The number of hydrogen-bond acceptors (Lipinski definition) is 5. The summed E-state index contributed by atoms with van der Waals surface area (Å²) in [4.78, 5) is 4.24. The molecule has 5 heteroatoms. The molecule has 0 aliphatic heterocycles. The summed E-state index contributed by atoms with van der Waals surface area (Å²) in [6, 6.07) is 1.84. The number of aryl methyl sites for hydroxylation is 1. The Labute approximate surface area is 127 Å². The fourth-order valence-corrected chi connectivity index (χ4v) is 3.77. The molecule has 0 radical (unpaired) electrons. The standard InChI is InChI=1S/C16H28N4O/c1-4-21-16(8-5-6-11(2)10-16)14(20-18)13-12(3)7-9-19-15(13)17/h7,9,11,14,20H,4-6,8,10,18H2,1-3H3,(H2,17,19). The van der Waals surface area contributed by atoms with E-state index in [-0.39, 0.29) is 11.6 Å². The van der Waals surface area contributed by atoms with Gasteiger partial charge in [-0.2, -0.15) is 0 Å². The zero-order valence-electron chi connectivity index (χ0n) is 13.4. The number of anilines is 1. The van der Waals surface area contributed by atoms with Crippen LogP contribution in [0.15, 0.2) is 12.3 Å². The van der Waals surface area contributed by atoms with Crippen LogP contribution in [0.3, 0.4) is 0 Å². The van der Waals surface area contributed by atoms with Crippen molar-refractivity contribution in [3.8, 4) is 0 Å². The molecular weight excluding hydrogens is 264 g/mol. The Morgan fingerprint density at radius 3 is 2.90 bits per heavy atom. The van der Waals surface area contributed by atoms with Crippen LogP contribution in [0.5, 0.6) is 0 Å². The molecule has 1 aromatic rings. The van der Waals surface area contributed by atoms with Crippen LogP contribution in [0.25, 0.3) is 0 Å². The minimum Gasteiger partial charge on any atom is -0.383 e. The Hall–Kier alpha value is -1.17. The number of rotatable bonds is 5. The third-order valence-electron chi connectivity index (χ3n) is 4.64. The summed E-state index contributed by atoms with van der Waals surface area (Å²) in [7, 11) is 0. The van der Waals surface area contributed by atoms with Gasteiger partial charge in [0.2, 0.25) is 0 Å². The van der Waals surface area contributed by atoms with E-state index in [9.17, 15) is 0 Å². The third-order valence-corrected chi connectivity index (χ3v) is 4.64. The molecule has 21 heavy (non-hydrogen) atoms. The number of nitrogens with one attached hydrogen (secondary N) is 1. The minimum absolute atomic E-state index is 0.131. The normalized spacial score (nSPS) is 27.5. The van der Waals surface area contributed by atoms with Crippen LogP contribution in [0.1, 0.15) is 56.7 Å². The van der Waals surface area contributed by atoms with Crippen LogP contribution in [0, 0.1) is 12.8 Å². The fourth-order valence-electron chi connectivity index (χ4n) is 3.77. The van der Waals surface area contributed by atoms with Gasteiger partial charge in [-0.3, -0.25) is 5.84 Å². The molecule has 3 unspecified atom stereocenters. The van der Waals surface area contributed by atoms with Crippen LogP contribution in [0.4, 0.5) is 5.82 Å². The highest BCUT2D eigenvalue weighted by Gasteiger charge is 2.44. The lowest BCUT2D eigenvalue weighted by Gasteiger charge is -2.45. The lowest BCUT2D eigenvalue weighted by Crippen LogP contribution is -2.51.